The quantitative estimate of drug-likeness (QED) is 0.602. The summed E-state index contributed by atoms with van der Waals surface area (Å²) in [5.41, 5.74) is -1.18. The summed E-state index contributed by atoms with van der Waals surface area (Å²) < 4.78 is 11.0. The Labute approximate surface area is 122 Å². The third kappa shape index (κ3) is 4.72. The second-order valence-corrected chi connectivity index (χ2v) is 6.62. The molecule has 0 aromatic carbocycles. The topological polar surface area (TPSA) is 67.8 Å². The Morgan fingerprint density at radius 3 is 2.40 bits per heavy atom. The summed E-state index contributed by atoms with van der Waals surface area (Å²) in [5.74, 6) is -0.627. The van der Waals surface area contributed by atoms with Crippen LogP contribution in [0.5, 0.6) is 0 Å². The van der Waals surface area contributed by atoms with Crippen molar-refractivity contribution < 1.29 is 19.4 Å². The zero-order chi connectivity index (χ0) is 15.4. The Morgan fingerprint density at radius 2 is 2.00 bits per heavy atom. The van der Waals surface area contributed by atoms with Gasteiger partial charge in [0.05, 0.1) is 12.2 Å². The molecule has 0 radical (unpaired) electrons. The lowest BCUT2D eigenvalue weighted by Crippen LogP contribution is -2.59. The summed E-state index contributed by atoms with van der Waals surface area (Å²) in [6.45, 7) is 8.64. The molecule has 1 aliphatic carbocycles. The van der Waals surface area contributed by atoms with Crippen LogP contribution >= 0.6 is 0 Å². The lowest BCUT2D eigenvalue weighted by Gasteiger charge is -2.33. The summed E-state index contributed by atoms with van der Waals surface area (Å²) in [6.07, 6.45) is 2.66. The molecule has 5 nitrogen and oxygen atoms in total. The largest absolute Gasteiger partial charge is 0.480 e. The van der Waals surface area contributed by atoms with Gasteiger partial charge >= 0.3 is 5.97 Å². The summed E-state index contributed by atoms with van der Waals surface area (Å²) >= 11 is 0. The Kier molecular flexibility index (Phi) is 5.98. The summed E-state index contributed by atoms with van der Waals surface area (Å²) in [5, 5.41) is 12.8. The molecule has 0 aromatic rings. The molecule has 0 aliphatic heterocycles. The first-order valence-corrected chi connectivity index (χ1v) is 7.37. The average molecular weight is 287 g/mol. The highest BCUT2D eigenvalue weighted by atomic mass is 16.5. The standard InChI is InChI=1S/C15H29NO4/c1-11(2)16-15(13(17)18,12-6-7-12)10-20-9-8-14(3,4)19-5/h11-12,16H,6-10H2,1-5H3,(H,17,18). The number of ether oxygens (including phenoxy) is 2. The van der Waals surface area contributed by atoms with E-state index in [2.05, 4.69) is 5.32 Å². The summed E-state index contributed by atoms with van der Waals surface area (Å²) in [7, 11) is 1.67. The van der Waals surface area contributed by atoms with E-state index in [4.69, 9.17) is 9.47 Å². The molecule has 0 bridgehead atoms. The SMILES string of the molecule is COC(C)(C)CCOCC(NC(C)C)(C(=O)O)C1CC1. The average Bonchev–Trinajstić information content (AvgIpc) is 3.16. The highest BCUT2D eigenvalue weighted by molar-refractivity contribution is 5.80. The highest BCUT2D eigenvalue weighted by Crippen LogP contribution is 2.40. The van der Waals surface area contributed by atoms with E-state index in [1.54, 1.807) is 7.11 Å². The van der Waals surface area contributed by atoms with Gasteiger partial charge in [-0.05, 0) is 52.9 Å². The number of hydrogen-bond donors (Lipinski definition) is 2. The molecule has 0 spiro atoms. The molecule has 1 saturated carbocycles. The highest BCUT2D eigenvalue weighted by Gasteiger charge is 2.51. The second-order valence-electron chi connectivity index (χ2n) is 6.62. The van der Waals surface area contributed by atoms with Crippen molar-refractivity contribution >= 4 is 5.97 Å². The molecule has 5 heteroatoms. The van der Waals surface area contributed by atoms with Gasteiger partial charge in [-0.1, -0.05) is 0 Å². The van der Waals surface area contributed by atoms with Crippen LogP contribution in [0.15, 0.2) is 0 Å². The molecule has 0 heterocycles. The third-order valence-corrected chi connectivity index (χ3v) is 3.93. The van der Waals surface area contributed by atoms with Crippen molar-refractivity contribution in [3.05, 3.63) is 0 Å². The number of carbonyl (C=O) groups is 1. The fourth-order valence-electron chi connectivity index (χ4n) is 2.32. The van der Waals surface area contributed by atoms with Crippen LogP contribution in [0, 0.1) is 5.92 Å². The van der Waals surface area contributed by atoms with Crippen LogP contribution in [0.1, 0.15) is 47.0 Å². The molecule has 1 atom stereocenters. The van der Waals surface area contributed by atoms with Crippen LogP contribution in [0.2, 0.25) is 0 Å². The lowest BCUT2D eigenvalue weighted by molar-refractivity contribution is -0.150. The first-order chi connectivity index (χ1) is 9.23. The Hall–Kier alpha value is -0.650. The van der Waals surface area contributed by atoms with Crippen molar-refractivity contribution in [3.8, 4) is 0 Å². The molecular weight excluding hydrogens is 258 g/mol. The number of aliphatic carboxylic acids is 1. The zero-order valence-corrected chi connectivity index (χ0v) is 13.4. The third-order valence-electron chi connectivity index (χ3n) is 3.93. The lowest BCUT2D eigenvalue weighted by atomic mass is 9.93. The van der Waals surface area contributed by atoms with Gasteiger partial charge in [0, 0.05) is 19.8 Å². The van der Waals surface area contributed by atoms with Crippen molar-refractivity contribution in [3.63, 3.8) is 0 Å². The maximum Gasteiger partial charge on any atom is 0.326 e. The first-order valence-electron chi connectivity index (χ1n) is 7.37. The van der Waals surface area contributed by atoms with E-state index in [1.165, 1.54) is 0 Å². The predicted octanol–water partition coefficient (Wildman–Crippen LogP) is 2.05. The molecule has 1 rings (SSSR count). The molecule has 0 aromatic heterocycles. The minimum Gasteiger partial charge on any atom is -0.480 e. The van der Waals surface area contributed by atoms with E-state index in [0.717, 1.165) is 19.3 Å². The van der Waals surface area contributed by atoms with Gasteiger partial charge in [0.1, 0.15) is 5.54 Å². The monoisotopic (exact) mass is 287 g/mol. The predicted molar refractivity (Wildman–Crippen MR) is 77.9 cm³/mol. The molecule has 0 saturated heterocycles. The van der Waals surface area contributed by atoms with Crippen molar-refractivity contribution in [2.75, 3.05) is 20.3 Å². The van der Waals surface area contributed by atoms with Gasteiger partial charge in [-0.3, -0.25) is 10.1 Å². The van der Waals surface area contributed by atoms with Gasteiger partial charge in [0.25, 0.3) is 0 Å². The minimum atomic E-state index is -0.939. The summed E-state index contributed by atoms with van der Waals surface area (Å²) in [6, 6.07) is 0.116. The van der Waals surface area contributed by atoms with E-state index in [0.29, 0.717) is 6.61 Å². The van der Waals surface area contributed by atoms with Crippen LogP contribution in [-0.2, 0) is 14.3 Å². The van der Waals surface area contributed by atoms with E-state index in [9.17, 15) is 9.90 Å². The van der Waals surface area contributed by atoms with Gasteiger partial charge in [-0.15, -0.1) is 0 Å². The van der Waals surface area contributed by atoms with E-state index in [1.807, 2.05) is 27.7 Å². The minimum absolute atomic E-state index is 0.116. The molecule has 0 amide bonds. The van der Waals surface area contributed by atoms with E-state index in [-0.39, 0.29) is 24.2 Å². The molecule has 1 aliphatic rings. The summed E-state index contributed by atoms with van der Waals surface area (Å²) in [4.78, 5) is 11.7. The van der Waals surface area contributed by atoms with Crippen LogP contribution < -0.4 is 5.32 Å². The van der Waals surface area contributed by atoms with Crippen LogP contribution in [-0.4, -0.2) is 48.6 Å². The van der Waals surface area contributed by atoms with Crippen molar-refractivity contribution in [1.82, 2.24) is 5.32 Å². The second kappa shape index (κ2) is 6.87. The molecule has 118 valence electrons. The Bertz CT molecular complexity index is 326. The zero-order valence-electron chi connectivity index (χ0n) is 13.4. The van der Waals surface area contributed by atoms with Crippen LogP contribution in [0.3, 0.4) is 0 Å². The number of rotatable bonds is 10. The number of hydrogen-bond acceptors (Lipinski definition) is 4. The fraction of sp³-hybridized carbons (Fsp3) is 0.933. The number of nitrogens with one attached hydrogen (secondary N) is 1. The molecule has 1 unspecified atom stereocenters. The van der Waals surface area contributed by atoms with Gasteiger partial charge < -0.3 is 14.6 Å². The normalized spacial score (nSPS) is 19.1. The van der Waals surface area contributed by atoms with Gasteiger partial charge in [0.2, 0.25) is 0 Å². The molecular formula is C15H29NO4. The number of carboxylic acids is 1. The fourth-order valence-corrected chi connectivity index (χ4v) is 2.32. The van der Waals surface area contributed by atoms with E-state index >= 15 is 0 Å². The molecule has 2 N–H and O–H groups in total. The van der Waals surface area contributed by atoms with Crippen molar-refractivity contribution in [2.24, 2.45) is 5.92 Å². The van der Waals surface area contributed by atoms with E-state index < -0.39 is 11.5 Å². The maximum atomic E-state index is 11.7. The maximum absolute atomic E-state index is 11.7. The number of carboxylic acid groups (broad SMARTS) is 1. The van der Waals surface area contributed by atoms with Crippen LogP contribution in [0.25, 0.3) is 0 Å². The van der Waals surface area contributed by atoms with Crippen LogP contribution in [0.4, 0.5) is 0 Å². The van der Waals surface area contributed by atoms with Gasteiger partial charge in [0.15, 0.2) is 0 Å². The first kappa shape index (κ1) is 17.4. The van der Waals surface area contributed by atoms with Gasteiger partial charge in [-0.25, -0.2) is 0 Å². The number of methoxy groups -OCH3 is 1. The Balaban J connectivity index is 2.55. The van der Waals surface area contributed by atoms with Crippen molar-refractivity contribution in [1.29, 1.82) is 0 Å². The molecule has 20 heavy (non-hydrogen) atoms. The molecule has 1 fully saturated rings. The van der Waals surface area contributed by atoms with Gasteiger partial charge in [-0.2, -0.15) is 0 Å². The van der Waals surface area contributed by atoms with Crippen molar-refractivity contribution in [2.45, 2.75) is 64.1 Å². The smallest absolute Gasteiger partial charge is 0.326 e. The Morgan fingerprint density at radius 1 is 1.40 bits per heavy atom.